The van der Waals surface area contributed by atoms with Gasteiger partial charge in [-0.3, -0.25) is 4.98 Å². The Morgan fingerprint density at radius 1 is 1.07 bits per heavy atom. The maximum atomic E-state index is 5.76. The highest BCUT2D eigenvalue weighted by molar-refractivity contribution is 7.80. The second kappa shape index (κ2) is 8.37. The number of aromatic nitrogens is 2. The Hall–Kier alpha value is -2.66. The van der Waals surface area contributed by atoms with Crippen molar-refractivity contribution in [3.63, 3.8) is 0 Å². The van der Waals surface area contributed by atoms with E-state index in [-0.39, 0.29) is 12.1 Å². The van der Waals surface area contributed by atoms with Gasteiger partial charge in [0, 0.05) is 30.3 Å². The number of nitrogens with zero attached hydrogens (tertiary/aromatic N) is 3. The first kappa shape index (κ1) is 19.6. The van der Waals surface area contributed by atoms with Crippen LogP contribution in [-0.4, -0.2) is 26.1 Å². The number of pyridine rings is 1. The van der Waals surface area contributed by atoms with Crippen LogP contribution in [0.1, 0.15) is 54.4 Å². The van der Waals surface area contributed by atoms with Crippen molar-refractivity contribution in [2.75, 3.05) is 6.54 Å². The fourth-order valence-electron chi connectivity index (χ4n) is 4.04. The molecular formula is C24H28N4S. The summed E-state index contributed by atoms with van der Waals surface area (Å²) in [6, 6.07) is 17.2. The van der Waals surface area contributed by atoms with Crippen molar-refractivity contribution < 1.29 is 0 Å². The van der Waals surface area contributed by atoms with E-state index in [2.05, 4.69) is 83.1 Å². The molecule has 1 fully saturated rings. The quantitative estimate of drug-likeness (QED) is 0.568. The highest BCUT2D eigenvalue weighted by atomic mass is 32.1. The first-order chi connectivity index (χ1) is 14.1. The smallest absolute Gasteiger partial charge is 0.170 e. The Kier molecular flexibility index (Phi) is 5.67. The number of rotatable bonds is 6. The highest BCUT2D eigenvalue weighted by Gasteiger charge is 2.40. The van der Waals surface area contributed by atoms with Crippen LogP contribution in [0.3, 0.4) is 0 Å². The molecule has 0 amide bonds. The molecule has 150 valence electrons. The van der Waals surface area contributed by atoms with Gasteiger partial charge in [0.05, 0.1) is 17.8 Å². The van der Waals surface area contributed by atoms with Crippen molar-refractivity contribution in [1.82, 2.24) is 19.8 Å². The molecule has 0 unspecified atom stereocenters. The first-order valence-corrected chi connectivity index (χ1v) is 10.7. The summed E-state index contributed by atoms with van der Waals surface area (Å²) in [6.45, 7) is 7.47. The molecule has 0 aliphatic carbocycles. The molecule has 1 aliphatic heterocycles. The van der Waals surface area contributed by atoms with Crippen LogP contribution in [0, 0.1) is 13.8 Å². The maximum Gasteiger partial charge on any atom is 0.170 e. The predicted molar refractivity (Wildman–Crippen MR) is 122 cm³/mol. The van der Waals surface area contributed by atoms with Crippen LogP contribution in [0.15, 0.2) is 60.9 Å². The summed E-state index contributed by atoms with van der Waals surface area (Å²) in [7, 11) is 0. The highest BCUT2D eigenvalue weighted by Crippen LogP contribution is 2.39. The number of nitrogens with one attached hydrogen (secondary N) is 1. The fourth-order valence-corrected chi connectivity index (χ4v) is 4.37. The lowest BCUT2D eigenvalue weighted by Crippen LogP contribution is -2.31. The van der Waals surface area contributed by atoms with Gasteiger partial charge in [0.25, 0.3) is 0 Å². The lowest BCUT2D eigenvalue weighted by Gasteiger charge is -2.29. The summed E-state index contributed by atoms with van der Waals surface area (Å²) in [5.41, 5.74) is 6.04. The van der Waals surface area contributed by atoms with Crippen molar-refractivity contribution in [3.8, 4) is 5.69 Å². The Morgan fingerprint density at radius 3 is 2.66 bits per heavy atom. The summed E-state index contributed by atoms with van der Waals surface area (Å²) in [5.74, 6) is 0. The minimum Gasteiger partial charge on any atom is -0.352 e. The van der Waals surface area contributed by atoms with Crippen LogP contribution in [0.4, 0.5) is 0 Å². The van der Waals surface area contributed by atoms with Crippen molar-refractivity contribution in [1.29, 1.82) is 0 Å². The van der Waals surface area contributed by atoms with Gasteiger partial charge in [-0.15, -0.1) is 0 Å². The average Bonchev–Trinajstić information content (AvgIpc) is 3.33. The predicted octanol–water partition coefficient (Wildman–Crippen LogP) is 5.26. The number of unbranched alkanes of at least 4 members (excludes halogenated alkanes) is 1. The van der Waals surface area contributed by atoms with Crippen LogP contribution < -0.4 is 5.32 Å². The molecule has 4 nitrogen and oxygen atoms in total. The standard InChI is InChI=1S/C24H28N4S/c1-4-5-14-28-23(22(26-24(28)29)20-9-6-7-13-25-20)21-10-8-15-27(21)19-12-11-17(2)18(3)16-19/h6-13,15-16,22-23H,4-5,14H2,1-3H3,(H,26,29)/t22-,23+/m1/s1. The minimum atomic E-state index is 0.0285. The molecule has 4 rings (SSSR count). The molecule has 3 heterocycles. The lowest BCUT2D eigenvalue weighted by atomic mass is 10.0. The SMILES string of the molecule is CCCCN1C(=S)N[C@H](c2ccccn2)[C@@H]1c1cccn1-c1ccc(C)c(C)c1. The molecule has 1 aliphatic rings. The molecule has 3 aromatic rings. The summed E-state index contributed by atoms with van der Waals surface area (Å²) < 4.78 is 2.29. The molecule has 1 saturated heterocycles. The van der Waals surface area contributed by atoms with Crippen molar-refractivity contribution in [2.45, 2.75) is 45.7 Å². The number of hydrogen-bond donors (Lipinski definition) is 1. The largest absolute Gasteiger partial charge is 0.352 e. The van der Waals surface area contributed by atoms with Gasteiger partial charge in [-0.2, -0.15) is 0 Å². The van der Waals surface area contributed by atoms with Crippen molar-refractivity contribution >= 4 is 17.3 Å². The molecule has 2 atom stereocenters. The zero-order valence-electron chi connectivity index (χ0n) is 17.3. The minimum absolute atomic E-state index is 0.0285. The van der Waals surface area contributed by atoms with Crippen LogP contribution in [0.2, 0.25) is 0 Å². The van der Waals surface area contributed by atoms with Gasteiger partial charge in [-0.1, -0.05) is 25.5 Å². The van der Waals surface area contributed by atoms with E-state index >= 15 is 0 Å². The first-order valence-electron chi connectivity index (χ1n) is 10.3. The summed E-state index contributed by atoms with van der Waals surface area (Å²) in [5, 5.41) is 4.36. The number of benzene rings is 1. The van der Waals surface area contributed by atoms with Gasteiger partial charge in [-0.25, -0.2) is 0 Å². The molecule has 1 aromatic carbocycles. The van der Waals surface area contributed by atoms with E-state index in [0.29, 0.717) is 0 Å². The van der Waals surface area contributed by atoms with Gasteiger partial charge < -0.3 is 14.8 Å². The Labute approximate surface area is 178 Å². The van der Waals surface area contributed by atoms with Gasteiger partial charge in [-0.05, 0) is 80.0 Å². The van der Waals surface area contributed by atoms with Crippen molar-refractivity contribution in [2.24, 2.45) is 0 Å². The normalized spacial score (nSPS) is 18.9. The third-order valence-corrected chi connectivity index (χ3v) is 6.15. The Morgan fingerprint density at radius 2 is 1.93 bits per heavy atom. The van der Waals surface area contributed by atoms with Gasteiger partial charge in [0.2, 0.25) is 0 Å². The van der Waals surface area contributed by atoms with E-state index in [9.17, 15) is 0 Å². The zero-order chi connectivity index (χ0) is 20.4. The number of aryl methyl sites for hydroxylation is 2. The zero-order valence-corrected chi connectivity index (χ0v) is 18.1. The molecule has 5 heteroatoms. The molecule has 29 heavy (non-hydrogen) atoms. The van der Waals surface area contributed by atoms with E-state index in [0.717, 1.165) is 30.2 Å². The molecule has 0 radical (unpaired) electrons. The lowest BCUT2D eigenvalue weighted by molar-refractivity contribution is 0.304. The molecule has 0 bridgehead atoms. The molecule has 1 N–H and O–H groups in total. The summed E-state index contributed by atoms with van der Waals surface area (Å²) in [6.07, 6.45) is 6.25. The van der Waals surface area contributed by atoms with Crippen LogP contribution in [0.25, 0.3) is 5.69 Å². The summed E-state index contributed by atoms with van der Waals surface area (Å²) in [4.78, 5) is 6.98. The topological polar surface area (TPSA) is 33.1 Å². The van der Waals surface area contributed by atoms with Crippen LogP contribution in [0.5, 0.6) is 0 Å². The third-order valence-electron chi connectivity index (χ3n) is 5.80. The second-order valence-corrected chi connectivity index (χ2v) is 8.13. The van der Waals surface area contributed by atoms with Gasteiger partial charge >= 0.3 is 0 Å². The van der Waals surface area contributed by atoms with E-state index in [1.165, 1.54) is 22.5 Å². The monoisotopic (exact) mass is 404 g/mol. The van der Waals surface area contributed by atoms with Gasteiger partial charge in [0.15, 0.2) is 5.11 Å². The van der Waals surface area contributed by atoms with E-state index in [1.54, 1.807) is 0 Å². The molecule has 2 aromatic heterocycles. The molecule has 0 spiro atoms. The number of hydrogen-bond acceptors (Lipinski definition) is 2. The summed E-state index contributed by atoms with van der Waals surface area (Å²) >= 11 is 5.76. The van der Waals surface area contributed by atoms with E-state index < -0.39 is 0 Å². The van der Waals surface area contributed by atoms with E-state index in [1.807, 2.05) is 18.3 Å². The third kappa shape index (κ3) is 3.79. The van der Waals surface area contributed by atoms with E-state index in [4.69, 9.17) is 12.2 Å². The maximum absolute atomic E-state index is 5.76. The molecular weight excluding hydrogens is 376 g/mol. The average molecular weight is 405 g/mol. The van der Waals surface area contributed by atoms with Gasteiger partial charge in [0.1, 0.15) is 0 Å². The Bertz CT molecular complexity index is 995. The van der Waals surface area contributed by atoms with Crippen LogP contribution >= 0.6 is 12.2 Å². The van der Waals surface area contributed by atoms with Crippen LogP contribution in [-0.2, 0) is 0 Å². The number of thiocarbonyl (C=S) groups is 1. The van der Waals surface area contributed by atoms with Crippen molar-refractivity contribution in [3.05, 3.63) is 83.4 Å². The fraction of sp³-hybridized carbons (Fsp3) is 0.333. The Balaban J connectivity index is 1.79. The second-order valence-electron chi connectivity index (χ2n) is 7.75. The molecule has 0 saturated carbocycles.